The molecule has 0 spiro atoms. The van der Waals surface area contributed by atoms with Gasteiger partial charge in [0.25, 0.3) is 0 Å². The first-order chi connectivity index (χ1) is 14.5. The second-order valence-corrected chi connectivity index (χ2v) is 8.44. The zero-order valence-corrected chi connectivity index (χ0v) is 19.0. The van der Waals surface area contributed by atoms with Gasteiger partial charge < -0.3 is 25.5 Å². The van der Waals surface area contributed by atoms with Crippen molar-refractivity contribution in [2.24, 2.45) is 5.92 Å². The molecule has 1 aromatic carbocycles. The lowest BCUT2D eigenvalue weighted by atomic mass is 10.0. The molecule has 1 heterocycles. The van der Waals surface area contributed by atoms with Crippen molar-refractivity contribution in [2.75, 3.05) is 19.8 Å². The number of carbonyl (C=O) groups excluding carboxylic acids is 4. The number of ketones is 1. The standard InChI is InChI=1S/C20H25BrN4O6/c1-11(2)17(23-20(30)31)19(29)25-10-24(12(3)26)9-15(25)18(28)22-8-16(27)13-4-6-14(21)7-5-13/h4-7,11,15,17,23H,8-10H2,1-3H3,(H,22,28)(H,30,31). The molecule has 10 nitrogen and oxygen atoms in total. The third-order valence-electron chi connectivity index (χ3n) is 4.92. The molecule has 0 saturated carbocycles. The van der Waals surface area contributed by atoms with Crippen molar-refractivity contribution in [2.45, 2.75) is 32.9 Å². The molecule has 2 atom stereocenters. The highest BCUT2D eigenvalue weighted by atomic mass is 79.9. The van der Waals surface area contributed by atoms with Gasteiger partial charge in [-0.05, 0) is 18.1 Å². The van der Waals surface area contributed by atoms with Crippen LogP contribution in [0.4, 0.5) is 4.79 Å². The summed E-state index contributed by atoms with van der Waals surface area (Å²) in [5.74, 6) is -2.22. The molecule has 168 valence electrons. The Morgan fingerprint density at radius 3 is 2.29 bits per heavy atom. The Kier molecular flexibility index (Phi) is 8.14. The number of amides is 4. The van der Waals surface area contributed by atoms with Crippen molar-refractivity contribution in [3.63, 3.8) is 0 Å². The Morgan fingerprint density at radius 2 is 1.77 bits per heavy atom. The van der Waals surface area contributed by atoms with Gasteiger partial charge >= 0.3 is 6.09 Å². The van der Waals surface area contributed by atoms with E-state index >= 15 is 0 Å². The third-order valence-corrected chi connectivity index (χ3v) is 5.45. The van der Waals surface area contributed by atoms with Gasteiger partial charge in [0.15, 0.2) is 5.78 Å². The fourth-order valence-electron chi connectivity index (χ4n) is 3.17. The topological polar surface area (TPSA) is 136 Å². The van der Waals surface area contributed by atoms with Gasteiger partial charge in [-0.1, -0.05) is 41.9 Å². The minimum Gasteiger partial charge on any atom is -0.465 e. The number of carboxylic acid groups (broad SMARTS) is 1. The smallest absolute Gasteiger partial charge is 0.405 e. The summed E-state index contributed by atoms with van der Waals surface area (Å²) < 4.78 is 0.812. The molecular formula is C20H25BrN4O6. The van der Waals surface area contributed by atoms with E-state index in [1.807, 2.05) is 0 Å². The van der Waals surface area contributed by atoms with E-state index in [-0.39, 0.29) is 37.4 Å². The van der Waals surface area contributed by atoms with Gasteiger partial charge in [0, 0.05) is 17.0 Å². The highest BCUT2D eigenvalue weighted by Crippen LogP contribution is 2.18. The van der Waals surface area contributed by atoms with E-state index in [4.69, 9.17) is 5.11 Å². The van der Waals surface area contributed by atoms with Crippen LogP contribution in [0, 0.1) is 5.92 Å². The summed E-state index contributed by atoms with van der Waals surface area (Å²) in [5, 5.41) is 13.7. The molecule has 3 N–H and O–H groups in total. The van der Waals surface area contributed by atoms with Gasteiger partial charge in [0.05, 0.1) is 19.8 Å². The summed E-state index contributed by atoms with van der Waals surface area (Å²) in [6.07, 6.45) is -1.37. The Balaban J connectivity index is 2.14. The highest BCUT2D eigenvalue weighted by Gasteiger charge is 2.42. The van der Waals surface area contributed by atoms with Crippen molar-refractivity contribution >= 4 is 45.5 Å². The number of benzene rings is 1. The number of hydrogen-bond acceptors (Lipinski definition) is 5. The van der Waals surface area contributed by atoms with Crippen molar-refractivity contribution in [1.82, 2.24) is 20.4 Å². The van der Waals surface area contributed by atoms with E-state index in [1.54, 1.807) is 38.1 Å². The third kappa shape index (κ3) is 6.27. The van der Waals surface area contributed by atoms with Crippen LogP contribution in [-0.4, -0.2) is 76.3 Å². The quantitative estimate of drug-likeness (QED) is 0.482. The predicted octanol–water partition coefficient (Wildman–Crippen LogP) is 1.06. The van der Waals surface area contributed by atoms with Gasteiger partial charge in [-0.3, -0.25) is 19.2 Å². The zero-order chi connectivity index (χ0) is 23.3. The average Bonchev–Trinajstić information content (AvgIpc) is 3.15. The molecule has 11 heteroatoms. The second kappa shape index (κ2) is 10.4. The molecule has 4 amide bonds. The molecule has 0 radical (unpaired) electrons. The zero-order valence-electron chi connectivity index (χ0n) is 17.4. The largest absolute Gasteiger partial charge is 0.465 e. The van der Waals surface area contributed by atoms with Crippen LogP contribution >= 0.6 is 15.9 Å². The summed E-state index contributed by atoms with van der Waals surface area (Å²) in [5.41, 5.74) is 0.416. The Hall–Kier alpha value is -2.95. The normalized spacial score (nSPS) is 16.7. The van der Waals surface area contributed by atoms with Crippen LogP contribution in [-0.2, 0) is 14.4 Å². The van der Waals surface area contributed by atoms with Crippen LogP contribution in [0.1, 0.15) is 31.1 Å². The van der Waals surface area contributed by atoms with Gasteiger partial charge in [0.2, 0.25) is 17.7 Å². The van der Waals surface area contributed by atoms with Gasteiger partial charge in [-0.15, -0.1) is 0 Å². The number of rotatable bonds is 7. The fourth-order valence-corrected chi connectivity index (χ4v) is 3.44. The average molecular weight is 497 g/mol. The van der Waals surface area contributed by atoms with E-state index in [0.717, 1.165) is 4.47 Å². The number of halogens is 1. The molecule has 0 aliphatic carbocycles. The molecule has 31 heavy (non-hydrogen) atoms. The van der Waals surface area contributed by atoms with Crippen LogP contribution in [0.15, 0.2) is 28.7 Å². The molecular weight excluding hydrogens is 472 g/mol. The fraction of sp³-hybridized carbons (Fsp3) is 0.450. The van der Waals surface area contributed by atoms with E-state index < -0.39 is 30.0 Å². The first-order valence-electron chi connectivity index (χ1n) is 9.63. The Labute approximate surface area is 188 Å². The highest BCUT2D eigenvalue weighted by molar-refractivity contribution is 9.10. The Morgan fingerprint density at radius 1 is 1.16 bits per heavy atom. The van der Waals surface area contributed by atoms with Crippen LogP contribution < -0.4 is 10.6 Å². The van der Waals surface area contributed by atoms with Crippen molar-refractivity contribution in [3.8, 4) is 0 Å². The number of nitrogens with one attached hydrogen (secondary N) is 2. The van der Waals surface area contributed by atoms with Crippen molar-refractivity contribution < 1.29 is 29.1 Å². The van der Waals surface area contributed by atoms with Gasteiger partial charge in [-0.2, -0.15) is 0 Å². The van der Waals surface area contributed by atoms with E-state index in [9.17, 15) is 24.0 Å². The lowest BCUT2D eigenvalue weighted by Gasteiger charge is -2.29. The molecule has 0 bridgehead atoms. The minimum absolute atomic E-state index is 0.0444. The molecule has 2 unspecified atom stereocenters. The maximum Gasteiger partial charge on any atom is 0.405 e. The minimum atomic E-state index is -1.37. The van der Waals surface area contributed by atoms with Gasteiger partial charge in [0.1, 0.15) is 12.1 Å². The summed E-state index contributed by atoms with van der Waals surface area (Å²) in [7, 11) is 0. The van der Waals surface area contributed by atoms with Crippen molar-refractivity contribution in [1.29, 1.82) is 0 Å². The summed E-state index contributed by atoms with van der Waals surface area (Å²) in [6.45, 7) is 4.19. The van der Waals surface area contributed by atoms with Crippen LogP contribution in [0.25, 0.3) is 0 Å². The molecule has 1 aliphatic rings. The number of carbonyl (C=O) groups is 5. The van der Waals surface area contributed by atoms with E-state index in [2.05, 4.69) is 26.6 Å². The first kappa shape index (κ1) is 24.3. The molecule has 0 aromatic heterocycles. The lowest BCUT2D eigenvalue weighted by molar-refractivity contribution is -0.141. The summed E-state index contributed by atoms with van der Waals surface area (Å²) in [4.78, 5) is 63.5. The predicted molar refractivity (Wildman–Crippen MR) is 114 cm³/mol. The Bertz CT molecular complexity index is 873. The van der Waals surface area contributed by atoms with E-state index in [0.29, 0.717) is 5.56 Å². The monoisotopic (exact) mass is 496 g/mol. The summed E-state index contributed by atoms with van der Waals surface area (Å²) >= 11 is 3.28. The number of hydrogen-bond donors (Lipinski definition) is 3. The van der Waals surface area contributed by atoms with Crippen LogP contribution in [0.5, 0.6) is 0 Å². The van der Waals surface area contributed by atoms with Crippen molar-refractivity contribution in [3.05, 3.63) is 34.3 Å². The van der Waals surface area contributed by atoms with Crippen LogP contribution in [0.2, 0.25) is 0 Å². The molecule has 1 fully saturated rings. The number of nitrogens with zero attached hydrogens (tertiary/aromatic N) is 2. The molecule has 1 aromatic rings. The SMILES string of the molecule is CC(=O)N1CC(C(=O)NCC(=O)c2ccc(Br)cc2)N(C(=O)C(NC(=O)O)C(C)C)C1. The summed E-state index contributed by atoms with van der Waals surface area (Å²) in [6, 6.07) is 4.53. The van der Waals surface area contributed by atoms with Gasteiger partial charge in [-0.25, -0.2) is 4.79 Å². The lowest BCUT2D eigenvalue weighted by Crippen LogP contribution is -2.55. The maximum absolute atomic E-state index is 13.0. The maximum atomic E-state index is 13.0. The molecule has 1 saturated heterocycles. The first-order valence-corrected chi connectivity index (χ1v) is 10.4. The molecule has 2 rings (SSSR count). The second-order valence-electron chi connectivity index (χ2n) is 7.53. The molecule has 1 aliphatic heterocycles. The number of Topliss-reactive ketones (excluding diaryl/α,β-unsaturated/α-hetero) is 1. The van der Waals surface area contributed by atoms with Crippen LogP contribution in [0.3, 0.4) is 0 Å². The van der Waals surface area contributed by atoms with E-state index in [1.165, 1.54) is 16.7 Å².